The highest BCUT2D eigenvalue weighted by Crippen LogP contribution is 2.34. The van der Waals surface area contributed by atoms with E-state index in [2.05, 4.69) is 15.4 Å². The molecule has 1 aliphatic heterocycles. The van der Waals surface area contributed by atoms with Gasteiger partial charge in [-0.05, 0) is 43.0 Å². The topological polar surface area (TPSA) is 42.7 Å². The largest absolute Gasteiger partial charge is 0.314 e. The summed E-state index contributed by atoms with van der Waals surface area (Å²) in [7, 11) is 1.79. The smallest absolute Gasteiger partial charge is 0.152 e. The molecule has 136 valence electrons. The van der Waals surface area contributed by atoms with E-state index in [0.717, 1.165) is 44.9 Å². The van der Waals surface area contributed by atoms with Gasteiger partial charge >= 0.3 is 0 Å². The van der Waals surface area contributed by atoms with Crippen LogP contribution in [0.1, 0.15) is 12.8 Å². The normalized spacial score (nSPS) is 17.4. The molecular weight excluding hydrogens is 374 g/mol. The Bertz CT molecular complexity index is 1000. The van der Waals surface area contributed by atoms with Crippen molar-refractivity contribution in [1.82, 2.24) is 20.1 Å². The Labute approximate surface area is 157 Å². The van der Waals surface area contributed by atoms with Crippen LogP contribution in [0.3, 0.4) is 0 Å². The molecule has 0 bridgehead atoms. The number of nitrogens with one attached hydrogen (secondary N) is 1. The van der Waals surface area contributed by atoms with Crippen molar-refractivity contribution in [3.63, 3.8) is 0 Å². The quantitative estimate of drug-likeness (QED) is 0.508. The van der Waals surface area contributed by atoms with E-state index >= 15 is 0 Å². The summed E-state index contributed by atoms with van der Waals surface area (Å²) in [6, 6.07) is 5.49. The van der Waals surface area contributed by atoms with E-state index in [1.807, 2.05) is 23.7 Å². The molecule has 1 saturated heterocycles. The molecule has 3 aromatic heterocycles. The lowest BCUT2D eigenvalue weighted by Crippen LogP contribution is -2.30. The zero-order valence-electron chi connectivity index (χ0n) is 14.2. The highest BCUT2D eigenvalue weighted by Gasteiger charge is 2.12. The summed E-state index contributed by atoms with van der Waals surface area (Å²) in [6.45, 7) is 1.57. The van der Waals surface area contributed by atoms with Crippen molar-refractivity contribution >= 4 is 43.1 Å². The highest BCUT2D eigenvalue weighted by atomic mass is 32.1. The molecular formula is C18H18F2N4S2. The van der Waals surface area contributed by atoms with Crippen LogP contribution >= 0.6 is 22.7 Å². The van der Waals surface area contributed by atoms with Crippen LogP contribution in [-0.2, 0) is 7.05 Å². The summed E-state index contributed by atoms with van der Waals surface area (Å²) in [5.41, 5.74) is 1.22. The summed E-state index contributed by atoms with van der Waals surface area (Å²) in [5.74, 6) is -0.299. The number of hydrogen-bond acceptors (Lipinski definition) is 5. The van der Waals surface area contributed by atoms with Crippen LogP contribution in [0.4, 0.5) is 8.78 Å². The molecule has 5 rings (SSSR count). The van der Waals surface area contributed by atoms with Gasteiger partial charge in [0.1, 0.15) is 21.5 Å². The zero-order chi connectivity index (χ0) is 18.1. The first kappa shape index (κ1) is 17.5. The molecule has 4 aromatic rings. The van der Waals surface area contributed by atoms with Gasteiger partial charge in [0.25, 0.3) is 0 Å². The lowest BCUT2D eigenvalue weighted by molar-refractivity contribution is 0.266. The Morgan fingerprint density at radius 3 is 2.92 bits per heavy atom. The van der Waals surface area contributed by atoms with Crippen molar-refractivity contribution in [3.8, 4) is 10.6 Å². The van der Waals surface area contributed by atoms with Crippen LogP contribution in [0.5, 0.6) is 0 Å². The second-order valence-corrected chi connectivity index (χ2v) is 8.18. The Hall–Kier alpha value is -1.90. The van der Waals surface area contributed by atoms with Gasteiger partial charge < -0.3 is 5.32 Å². The monoisotopic (exact) mass is 392 g/mol. The average molecular weight is 393 g/mol. The number of rotatable bonds is 1. The third-order valence-corrected chi connectivity index (χ3v) is 6.19. The number of aromatic nitrogens is 3. The number of fused-ring (bicyclic) bond motifs is 2. The van der Waals surface area contributed by atoms with Crippen LogP contribution in [0.15, 0.2) is 29.8 Å². The number of benzene rings is 1. The summed E-state index contributed by atoms with van der Waals surface area (Å²) >= 11 is 3.19. The molecule has 0 radical (unpaired) electrons. The molecule has 8 heteroatoms. The van der Waals surface area contributed by atoms with Gasteiger partial charge in [0, 0.05) is 30.7 Å². The van der Waals surface area contributed by atoms with Crippen LogP contribution in [0, 0.1) is 5.82 Å². The number of thiazole rings is 1. The highest BCUT2D eigenvalue weighted by molar-refractivity contribution is 7.28. The fourth-order valence-electron chi connectivity index (χ4n) is 2.94. The average Bonchev–Trinajstić information content (AvgIpc) is 3.29. The first-order chi connectivity index (χ1) is 12.6. The van der Waals surface area contributed by atoms with E-state index in [9.17, 15) is 8.78 Å². The van der Waals surface area contributed by atoms with Gasteiger partial charge in [-0.15, -0.1) is 22.7 Å². The molecule has 1 aromatic carbocycles. The molecule has 1 aliphatic rings. The first-order valence-corrected chi connectivity index (χ1v) is 10.1. The summed E-state index contributed by atoms with van der Waals surface area (Å²) in [5, 5.41) is 10.7. The Morgan fingerprint density at radius 2 is 2.23 bits per heavy atom. The lowest BCUT2D eigenvalue weighted by atomic mass is 10.1. The SMILES string of the molecule is Cn1cc2cc(-c3nc4sccc4s3)cc(F)c2n1.FC1CCCNC1. The van der Waals surface area contributed by atoms with Gasteiger partial charge in [0.05, 0.1) is 4.70 Å². The third-order valence-electron chi connectivity index (χ3n) is 4.18. The van der Waals surface area contributed by atoms with E-state index in [-0.39, 0.29) is 5.82 Å². The molecule has 0 amide bonds. The summed E-state index contributed by atoms with van der Waals surface area (Å²) in [6.07, 6.45) is 3.00. The first-order valence-electron chi connectivity index (χ1n) is 8.42. The predicted molar refractivity (Wildman–Crippen MR) is 104 cm³/mol. The van der Waals surface area contributed by atoms with Crippen LogP contribution in [0.2, 0.25) is 0 Å². The van der Waals surface area contributed by atoms with Gasteiger partial charge in [-0.3, -0.25) is 4.68 Å². The Balaban J connectivity index is 0.000000204. The fraction of sp³-hybridized carbons (Fsp3) is 0.333. The van der Waals surface area contributed by atoms with Gasteiger partial charge in [-0.1, -0.05) is 0 Å². The maximum Gasteiger partial charge on any atom is 0.152 e. The van der Waals surface area contributed by atoms with Gasteiger partial charge in [-0.2, -0.15) is 5.10 Å². The van der Waals surface area contributed by atoms with Crippen molar-refractivity contribution in [3.05, 3.63) is 35.6 Å². The minimum Gasteiger partial charge on any atom is -0.314 e. The zero-order valence-corrected chi connectivity index (χ0v) is 15.8. The molecule has 1 atom stereocenters. The summed E-state index contributed by atoms with van der Waals surface area (Å²) < 4.78 is 28.9. The number of piperidine rings is 1. The molecule has 4 nitrogen and oxygen atoms in total. The second kappa shape index (κ2) is 7.38. The maximum absolute atomic E-state index is 14.0. The third kappa shape index (κ3) is 3.62. The number of alkyl halides is 1. The maximum atomic E-state index is 14.0. The molecule has 0 spiro atoms. The number of hydrogen-bond donors (Lipinski definition) is 1. The lowest BCUT2D eigenvalue weighted by Gasteiger charge is -2.14. The number of thiophene rings is 1. The molecule has 0 saturated carbocycles. The molecule has 4 heterocycles. The molecule has 26 heavy (non-hydrogen) atoms. The van der Waals surface area contributed by atoms with Gasteiger partial charge in [0.2, 0.25) is 0 Å². The van der Waals surface area contributed by atoms with Crippen molar-refractivity contribution in [2.75, 3.05) is 13.1 Å². The number of nitrogens with zero attached hydrogens (tertiary/aromatic N) is 3. The molecule has 0 aliphatic carbocycles. The van der Waals surface area contributed by atoms with Gasteiger partial charge in [0.15, 0.2) is 5.82 Å². The minimum atomic E-state index is -0.575. The molecule has 1 unspecified atom stereocenters. The van der Waals surface area contributed by atoms with Crippen LogP contribution in [-0.4, -0.2) is 34.0 Å². The second-order valence-electron chi connectivity index (χ2n) is 6.25. The molecule has 1 N–H and O–H groups in total. The minimum absolute atomic E-state index is 0.299. The van der Waals surface area contributed by atoms with Crippen molar-refractivity contribution in [2.45, 2.75) is 19.0 Å². The van der Waals surface area contributed by atoms with E-state index in [0.29, 0.717) is 12.1 Å². The van der Waals surface area contributed by atoms with E-state index in [4.69, 9.17) is 0 Å². The van der Waals surface area contributed by atoms with Crippen molar-refractivity contribution in [2.24, 2.45) is 7.05 Å². The van der Waals surface area contributed by atoms with E-state index < -0.39 is 6.17 Å². The molecule has 1 fully saturated rings. The van der Waals surface area contributed by atoms with Crippen molar-refractivity contribution in [1.29, 1.82) is 0 Å². The predicted octanol–water partition coefficient (Wildman–Crippen LogP) is 4.76. The van der Waals surface area contributed by atoms with Crippen LogP contribution in [0.25, 0.3) is 31.0 Å². The standard InChI is InChI=1S/C13H8FN3S2.C5H10FN/c1-17-6-8-4-7(5-9(14)11(8)16-17)12-15-13-10(19-12)2-3-18-13;6-5-2-1-3-7-4-5/h2-6H,1H3;5,7H,1-4H2. The van der Waals surface area contributed by atoms with Gasteiger partial charge in [-0.25, -0.2) is 13.8 Å². The Kier molecular flexibility index (Phi) is 4.97. The van der Waals surface area contributed by atoms with Crippen LogP contribution < -0.4 is 5.32 Å². The van der Waals surface area contributed by atoms with E-state index in [1.54, 1.807) is 34.4 Å². The number of aryl methyl sites for hydroxylation is 1. The van der Waals surface area contributed by atoms with E-state index in [1.165, 1.54) is 6.07 Å². The van der Waals surface area contributed by atoms with Crippen molar-refractivity contribution < 1.29 is 8.78 Å². The Morgan fingerprint density at radius 1 is 1.35 bits per heavy atom. The fourth-order valence-corrected chi connectivity index (χ4v) is 4.86. The summed E-state index contributed by atoms with van der Waals surface area (Å²) in [4.78, 5) is 5.55. The number of halogens is 2.